The molecule has 0 atom stereocenters. The smallest absolute Gasteiger partial charge is 0.239 e. The van der Waals surface area contributed by atoms with Gasteiger partial charge in [-0.25, -0.2) is 0 Å². The van der Waals surface area contributed by atoms with Crippen LogP contribution in [-0.2, 0) is 33.1 Å². The first kappa shape index (κ1) is 34.6. The van der Waals surface area contributed by atoms with Gasteiger partial charge in [-0.05, 0) is 25.5 Å². The Labute approximate surface area is 219 Å². The summed E-state index contributed by atoms with van der Waals surface area (Å²) in [5.41, 5.74) is 0. The molecule has 0 unspecified atom stereocenters. The van der Waals surface area contributed by atoms with Gasteiger partial charge in [0.2, 0.25) is 29.5 Å². The number of nitrogens with zero attached hydrogens (tertiary/aromatic N) is 2. The van der Waals surface area contributed by atoms with Gasteiger partial charge >= 0.3 is 0 Å². The second kappa shape index (κ2) is 19.7. The minimum absolute atomic E-state index is 0.00913. The second-order valence-electron chi connectivity index (χ2n) is 7.92. The monoisotopic (exact) mass is 541 g/mol. The maximum atomic E-state index is 12.2. The first-order chi connectivity index (χ1) is 17.4. The van der Waals surface area contributed by atoms with E-state index in [2.05, 4.69) is 20.5 Å². The van der Waals surface area contributed by atoms with E-state index in [9.17, 15) is 38.3 Å². The summed E-state index contributed by atoms with van der Waals surface area (Å²) in [6.45, 7) is 1.18. The summed E-state index contributed by atoms with van der Waals surface area (Å²) in [7, 11) is 5.81. The molecule has 14 nitrogen and oxygen atoms in total. The number of rotatable bonds is 20. The zero-order valence-electron chi connectivity index (χ0n) is 21.1. The highest BCUT2D eigenvalue weighted by Crippen LogP contribution is 2.24. The molecule has 37 heavy (non-hydrogen) atoms. The van der Waals surface area contributed by atoms with Gasteiger partial charge in [0.25, 0.3) is 0 Å². The third-order valence-electron chi connectivity index (χ3n) is 4.83. The zero-order valence-corrected chi connectivity index (χ0v) is 22.0. The summed E-state index contributed by atoms with van der Waals surface area (Å²) in [6, 6.07) is 0. The number of carbonyl (C=O) groups is 5. The average Bonchev–Trinajstić information content (AvgIpc) is 2.82. The first-order valence-electron chi connectivity index (χ1n) is 11.8. The van der Waals surface area contributed by atoms with Crippen LogP contribution in [0.5, 0.6) is 0 Å². The molecule has 0 bridgehead atoms. The predicted molar refractivity (Wildman–Crippen MR) is 131 cm³/mol. The van der Waals surface area contributed by atoms with E-state index in [1.165, 1.54) is 16.7 Å². The molecule has 0 aliphatic heterocycles. The molecule has 0 heterocycles. The van der Waals surface area contributed by atoms with Crippen LogP contribution >= 0.6 is 7.82 Å². The van der Waals surface area contributed by atoms with Crippen LogP contribution in [0.1, 0.15) is 32.6 Å². The van der Waals surface area contributed by atoms with E-state index in [-0.39, 0.29) is 64.4 Å². The quantitative estimate of drug-likeness (QED) is 0.0798. The van der Waals surface area contributed by atoms with Crippen LogP contribution in [0.3, 0.4) is 0 Å². The standard InChI is InChI=1S/C20H36B2N5O9P/c1-16(28)23-7-9-26(19(31)12-21)15-18(30)25-8-10-27(20(32)13-22)14-17(29)24-6-4-2-3-5-11-36-37(33,34)35/h2-15H2,1H3,(H,23,28)(H,24,29)(H,25,30)(H2,33,34,35)/p-2. The molecule has 0 aliphatic rings. The SMILES string of the molecule is [B]CC(=O)N(CCNC(C)=O)CC(=O)NCCN(CC(=O)NCCCCCCOP(=O)([O-])[O-])C(=O)C[B]. The van der Waals surface area contributed by atoms with E-state index < -0.39 is 31.5 Å². The fourth-order valence-corrected chi connectivity index (χ4v) is 3.34. The van der Waals surface area contributed by atoms with Crippen molar-refractivity contribution in [3.8, 4) is 0 Å². The number of carbonyl (C=O) groups excluding carboxylic acids is 5. The van der Waals surface area contributed by atoms with Gasteiger partial charge in [-0.3, -0.25) is 24.0 Å². The lowest BCUT2D eigenvalue weighted by molar-refractivity contribution is -0.341. The molecule has 0 spiro atoms. The maximum absolute atomic E-state index is 12.2. The number of phosphoric acid groups is 1. The fourth-order valence-electron chi connectivity index (χ4n) is 2.98. The lowest BCUT2D eigenvalue weighted by atomic mass is 10.0. The van der Waals surface area contributed by atoms with Gasteiger partial charge in [0.05, 0.1) is 43.2 Å². The third kappa shape index (κ3) is 19.4. The number of nitrogens with one attached hydrogen (secondary N) is 3. The van der Waals surface area contributed by atoms with Crippen LogP contribution in [0, 0.1) is 0 Å². The van der Waals surface area contributed by atoms with Gasteiger partial charge in [-0.2, -0.15) is 0 Å². The van der Waals surface area contributed by atoms with Crippen molar-refractivity contribution in [3.63, 3.8) is 0 Å². The maximum Gasteiger partial charge on any atom is 0.239 e. The van der Waals surface area contributed by atoms with Gasteiger partial charge in [0.15, 0.2) is 0 Å². The first-order valence-corrected chi connectivity index (χ1v) is 13.3. The summed E-state index contributed by atoms with van der Waals surface area (Å²) in [5.74, 6) is -2.17. The van der Waals surface area contributed by atoms with Crippen molar-refractivity contribution in [1.29, 1.82) is 0 Å². The van der Waals surface area contributed by atoms with Crippen molar-refractivity contribution < 1.29 is 42.8 Å². The molecule has 17 heteroatoms. The lowest BCUT2D eigenvalue weighted by Crippen LogP contribution is -2.47. The summed E-state index contributed by atoms with van der Waals surface area (Å²) in [4.78, 5) is 82.5. The highest BCUT2D eigenvalue weighted by Gasteiger charge is 2.18. The largest absolute Gasteiger partial charge is 0.790 e. The minimum atomic E-state index is -4.95. The molecule has 0 saturated carbocycles. The van der Waals surface area contributed by atoms with Crippen LogP contribution in [0.4, 0.5) is 0 Å². The van der Waals surface area contributed by atoms with Crippen molar-refractivity contribution in [2.45, 2.75) is 45.2 Å². The van der Waals surface area contributed by atoms with E-state index in [0.29, 0.717) is 32.2 Å². The Morgan fingerprint density at radius 1 is 0.757 bits per heavy atom. The summed E-state index contributed by atoms with van der Waals surface area (Å²) >= 11 is 0. The molecule has 0 fully saturated rings. The van der Waals surface area contributed by atoms with Crippen LogP contribution in [0.2, 0.25) is 12.6 Å². The predicted octanol–water partition coefficient (Wildman–Crippen LogP) is -3.41. The summed E-state index contributed by atoms with van der Waals surface area (Å²) in [5, 5.41) is 7.75. The third-order valence-corrected chi connectivity index (χ3v) is 5.32. The minimum Gasteiger partial charge on any atom is -0.790 e. The molecule has 0 rings (SSSR count). The molecule has 206 valence electrons. The van der Waals surface area contributed by atoms with Crippen LogP contribution in [0.15, 0.2) is 0 Å². The van der Waals surface area contributed by atoms with E-state index in [1.54, 1.807) is 0 Å². The average molecular weight is 541 g/mol. The Morgan fingerprint density at radius 3 is 1.68 bits per heavy atom. The van der Waals surface area contributed by atoms with E-state index >= 15 is 0 Å². The number of hydrogen-bond donors (Lipinski definition) is 3. The molecule has 4 radical (unpaired) electrons. The zero-order chi connectivity index (χ0) is 28.3. The molecule has 3 N–H and O–H groups in total. The van der Waals surface area contributed by atoms with E-state index in [1.807, 2.05) is 0 Å². The molecule has 5 amide bonds. The van der Waals surface area contributed by atoms with Gasteiger partial charge in [-0.15, -0.1) is 0 Å². The highest BCUT2D eigenvalue weighted by atomic mass is 31.2. The van der Waals surface area contributed by atoms with Crippen LogP contribution in [-0.4, -0.2) is 107 Å². The van der Waals surface area contributed by atoms with E-state index in [0.717, 1.165) is 0 Å². The molecule has 0 saturated heterocycles. The molecular formula is C20H34B2N5O9P-2. The Kier molecular flexibility index (Phi) is 18.4. The Balaban J connectivity index is 4.39. The van der Waals surface area contributed by atoms with Crippen molar-refractivity contribution in [1.82, 2.24) is 25.8 Å². The second-order valence-corrected chi connectivity index (χ2v) is 9.07. The Hall–Kier alpha value is -2.41. The topological polar surface area (TPSA) is 200 Å². The number of phosphoric ester groups is 1. The Bertz CT molecular complexity index is 800. The van der Waals surface area contributed by atoms with Gasteiger partial charge in [-0.1, -0.05) is 12.8 Å². The number of amides is 5. The summed E-state index contributed by atoms with van der Waals surface area (Å²) < 4.78 is 14.5. The normalized spacial score (nSPS) is 10.9. The summed E-state index contributed by atoms with van der Waals surface area (Å²) in [6.07, 6.45) is 1.62. The van der Waals surface area contributed by atoms with Gasteiger partial charge in [0.1, 0.15) is 0 Å². The van der Waals surface area contributed by atoms with Crippen molar-refractivity contribution in [2.24, 2.45) is 0 Å². The van der Waals surface area contributed by atoms with Crippen molar-refractivity contribution in [2.75, 3.05) is 52.4 Å². The van der Waals surface area contributed by atoms with Gasteiger partial charge < -0.3 is 44.6 Å². The lowest BCUT2D eigenvalue weighted by Gasteiger charge is -2.28. The number of hydrogen-bond acceptors (Lipinski definition) is 9. The van der Waals surface area contributed by atoms with Crippen molar-refractivity contribution >= 4 is 53.1 Å². The van der Waals surface area contributed by atoms with Crippen LogP contribution in [0.25, 0.3) is 0 Å². The molecular weight excluding hydrogens is 507 g/mol. The van der Waals surface area contributed by atoms with Crippen LogP contribution < -0.4 is 25.7 Å². The molecule has 0 aliphatic carbocycles. The highest BCUT2D eigenvalue weighted by molar-refractivity contribution is 7.43. The van der Waals surface area contributed by atoms with Crippen molar-refractivity contribution in [3.05, 3.63) is 0 Å². The van der Waals surface area contributed by atoms with E-state index in [4.69, 9.17) is 15.7 Å². The van der Waals surface area contributed by atoms with Gasteiger partial charge in [0, 0.05) is 39.6 Å². The fraction of sp³-hybridized carbons (Fsp3) is 0.750. The molecule has 0 aromatic carbocycles. The molecule has 0 aromatic rings. The number of unbranched alkanes of at least 4 members (excludes halogenated alkanes) is 3. The Morgan fingerprint density at radius 2 is 1.22 bits per heavy atom. The molecule has 0 aromatic heterocycles.